The Morgan fingerprint density at radius 2 is 1.82 bits per heavy atom. The fraction of sp³-hybridized carbons (Fsp3) is 0.115. The number of carbonyl (C=O) groups excluding carboxylic acids is 1. The zero-order valence-corrected chi connectivity index (χ0v) is 18.7. The smallest absolute Gasteiger partial charge is 0.255 e. The maximum Gasteiger partial charge on any atom is 0.255 e. The molecule has 3 aromatic carbocycles. The van der Waals surface area contributed by atoms with E-state index in [1.54, 1.807) is 42.1 Å². The first-order valence-electron chi connectivity index (χ1n) is 10.8. The van der Waals surface area contributed by atoms with Crippen LogP contribution in [0.2, 0.25) is 0 Å². The standard InChI is InChI=1S/C26H23N5O3/c1-16-22(25(33)28-20-13-6-7-14-21(20)34-2)23(18-11-8-12-19(32)15-18)31-26(27-16)29-24(30-31)17-9-4-3-5-10-17/h3-15,23,32H,1-2H3,(H,28,33)(H,27,29,30)/t23-/m1/s1. The molecule has 1 aliphatic rings. The molecule has 0 unspecified atom stereocenters. The lowest BCUT2D eigenvalue weighted by molar-refractivity contribution is -0.113. The van der Waals surface area contributed by atoms with E-state index in [1.807, 2.05) is 55.5 Å². The number of carbonyl (C=O) groups is 1. The Kier molecular flexibility index (Phi) is 5.47. The summed E-state index contributed by atoms with van der Waals surface area (Å²) in [5, 5.41) is 21.1. The molecule has 1 aromatic heterocycles. The summed E-state index contributed by atoms with van der Waals surface area (Å²) in [7, 11) is 1.56. The number of allylic oxidation sites excluding steroid dienone is 1. The number of ether oxygens (including phenoxy) is 1. The number of phenolic OH excluding ortho intramolecular Hbond substituents is 1. The zero-order valence-electron chi connectivity index (χ0n) is 18.7. The van der Waals surface area contributed by atoms with Gasteiger partial charge in [-0.15, -0.1) is 5.10 Å². The van der Waals surface area contributed by atoms with Crippen LogP contribution in [-0.2, 0) is 4.79 Å². The molecule has 8 heteroatoms. The van der Waals surface area contributed by atoms with E-state index in [4.69, 9.17) is 9.84 Å². The second-order valence-electron chi connectivity index (χ2n) is 7.89. The topological polar surface area (TPSA) is 101 Å². The molecule has 0 spiro atoms. The monoisotopic (exact) mass is 453 g/mol. The molecule has 8 nitrogen and oxygen atoms in total. The lowest BCUT2D eigenvalue weighted by Gasteiger charge is -2.29. The maximum absolute atomic E-state index is 13.6. The van der Waals surface area contributed by atoms with E-state index in [1.165, 1.54) is 0 Å². The second-order valence-corrected chi connectivity index (χ2v) is 7.89. The Balaban J connectivity index is 1.61. The van der Waals surface area contributed by atoms with Crippen molar-refractivity contribution in [3.63, 3.8) is 0 Å². The number of nitrogens with one attached hydrogen (secondary N) is 2. The number of aromatic nitrogens is 3. The van der Waals surface area contributed by atoms with Crippen LogP contribution in [0.25, 0.3) is 11.4 Å². The Bertz CT molecular complexity index is 1390. The number of amides is 1. The number of fused-ring (bicyclic) bond motifs is 1. The van der Waals surface area contributed by atoms with E-state index in [0.29, 0.717) is 40.0 Å². The third-order valence-corrected chi connectivity index (χ3v) is 5.67. The van der Waals surface area contributed by atoms with Crippen LogP contribution in [0.1, 0.15) is 18.5 Å². The van der Waals surface area contributed by atoms with Gasteiger partial charge < -0.3 is 20.5 Å². The molecule has 5 rings (SSSR count). The minimum atomic E-state index is -0.608. The summed E-state index contributed by atoms with van der Waals surface area (Å²) >= 11 is 0. The van der Waals surface area contributed by atoms with Gasteiger partial charge >= 0.3 is 0 Å². The first-order chi connectivity index (χ1) is 16.5. The lowest BCUT2D eigenvalue weighted by Crippen LogP contribution is -2.31. The molecule has 1 amide bonds. The molecular formula is C26H23N5O3. The quantitative estimate of drug-likeness (QED) is 0.409. The largest absolute Gasteiger partial charge is 0.508 e. The molecule has 170 valence electrons. The van der Waals surface area contributed by atoms with Crippen LogP contribution in [-0.4, -0.2) is 32.9 Å². The van der Waals surface area contributed by atoms with Gasteiger partial charge in [-0.1, -0.05) is 54.6 Å². The Morgan fingerprint density at radius 1 is 1.06 bits per heavy atom. The second kappa shape index (κ2) is 8.74. The third-order valence-electron chi connectivity index (χ3n) is 5.67. The van der Waals surface area contributed by atoms with E-state index in [9.17, 15) is 9.90 Å². The highest BCUT2D eigenvalue weighted by molar-refractivity contribution is 6.06. The molecule has 0 saturated carbocycles. The van der Waals surface area contributed by atoms with Gasteiger partial charge in [0, 0.05) is 11.3 Å². The summed E-state index contributed by atoms with van der Waals surface area (Å²) < 4.78 is 7.07. The van der Waals surface area contributed by atoms with E-state index in [2.05, 4.69) is 15.6 Å². The molecule has 3 N–H and O–H groups in total. The van der Waals surface area contributed by atoms with Crippen molar-refractivity contribution >= 4 is 17.5 Å². The first kappa shape index (κ1) is 21.3. The Labute approximate surface area is 196 Å². The minimum Gasteiger partial charge on any atom is -0.508 e. The molecule has 1 aliphatic heterocycles. The van der Waals surface area contributed by atoms with Crippen molar-refractivity contribution in [3.8, 4) is 22.9 Å². The van der Waals surface area contributed by atoms with Gasteiger partial charge in [-0.3, -0.25) is 4.79 Å². The summed E-state index contributed by atoms with van der Waals surface area (Å²) in [4.78, 5) is 18.3. The predicted molar refractivity (Wildman–Crippen MR) is 130 cm³/mol. The van der Waals surface area contributed by atoms with Gasteiger partial charge in [0.1, 0.15) is 17.5 Å². The van der Waals surface area contributed by atoms with Crippen LogP contribution in [0.3, 0.4) is 0 Å². The van der Waals surface area contributed by atoms with E-state index in [0.717, 1.165) is 5.56 Å². The van der Waals surface area contributed by atoms with Gasteiger partial charge in [-0.05, 0) is 36.8 Å². The van der Waals surface area contributed by atoms with Crippen LogP contribution >= 0.6 is 0 Å². The van der Waals surface area contributed by atoms with Crippen molar-refractivity contribution in [2.45, 2.75) is 13.0 Å². The number of aromatic hydroxyl groups is 1. The number of methoxy groups -OCH3 is 1. The van der Waals surface area contributed by atoms with Crippen LogP contribution in [0, 0.1) is 0 Å². The van der Waals surface area contributed by atoms with E-state index >= 15 is 0 Å². The minimum absolute atomic E-state index is 0.100. The molecule has 34 heavy (non-hydrogen) atoms. The van der Waals surface area contributed by atoms with Crippen LogP contribution in [0.5, 0.6) is 11.5 Å². The summed E-state index contributed by atoms with van der Waals surface area (Å²) in [6, 6.07) is 23.1. The van der Waals surface area contributed by atoms with Gasteiger partial charge in [0.15, 0.2) is 5.82 Å². The van der Waals surface area contributed by atoms with Gasteiger partial charge in [0.05, 0.1) is 18.4 Å². The highest BCUT2D eigenvalue weighted by Crippen LogP contribution is 2.38. The molecule has 0 saturated heterocycles. The molecule has 0 fully saturated rings. The average Bonchev–Trinajstić information content (AvgIpc) is 3.27. The number of benzene rings is 3. The van der Waals surface area contributed by atoms with Gasteiger partial charge in [0.25, 0.3) is 5.91 Å². The summed E-state index contributed by atoms with van der Waals surface area (Å²) in [6.07, 6.45) is 0. The normalized spacial score (nSPS) is 14.8. The van der Waals surface area contributed by atoms with Crippen molar-refractivity contribution in [3.05, 3.63) is 95.7 Å². The summed E-state index contributed by atoms with van der Waals surface area (Å²) in [6.45, 7) is 1.83. The highest BCUT2D eigenvalue weighted by atomic mass is 16.5. The zero-order chi connectivity index (χ0) is 23.7. The molecule has 0 bridgehead atoms. The maximum atomic E-state index is 13.6. The van der Waals surface area contributed by atoms with Crippen molar-refractivity contribution < 1.29 is 14.6 Å². The van der Waals surface area contributed by atoms with Crippen LogP contribution in [0.4, 0.5) is 11.6 Å². The number of para-hydroxylation sites is 2. The van der Waals surface area contributed by atoms with E-state index < -0.39 is 6.04 Å². The number of phenols is 1. The van der Waals surface area contributed by atoms with Crippen LogP contribution in [0.15, 0.2) is 90.1 Å². The number of rotatable bonds is 5. The SMILES string of the molecule is COc1ccccc1NC(=O)C1=C(C)Nc2nc(-c3ccccc3)nn2[C@@H]1c1cccc(O)c1. The molecule has 0 aliphatic carbocycles. The van der Waals surface area contributed by atoms with Crippen molar-refractivity contribution in [2.24, 2.45) is 0 Å². The predicted octanol–water partition coefficient (Wildman–Crippen LogP) is 4.59. The number of anilines is 2. The van der Waals surface area contributed by atoms with E-state index in [-0.39, 0.29) is 11.7 Å². The highest BCUT2D eigenvalue weighted by Gasteiger charge is 2.35. The fourth-order valence-electron chi connectivity index (χ4n) is 4.10. The van der Waals surface area contributed by atoms with Gasteiger partial charge in [0.2, 0.25) is 5.95 Å². The Morgan fingerprint density at radius 3 is 2.59 bits per heavy atom. The van der Waals surface area contributed by atoms with Gasteiger partial charge in [-0.2, -0.15) is 4.98 Å². The number of nitrogens with zero attached hydrogens (tertiary/aromatic N) is 3. The molecule has 2 heterocycles. The third kappa shape index (κ3) is 3.86. The fourth-order valence-corrected chi connectivity index (χ4v) is 4.10. The lowest BCUT2D eigenvalue weighted by atomic mass is 9.95. The Hall–Kier alpha value is -4.59. The number of hydrogen-bond donors (Lipinski definition) is 3. The molecular weight excluding hydrogens is 430 g/mol. The first-order valence-corrected chi connectivity index (χ1v) is 10.8. The molecule has 4 aromatic rings. The van der Waals surface area contributed by atoms with Gasteiger partial charge in [-0.25, -0.2) is 4.68 Å². The molecule has 0 radical (unpaired) electrons. The molecule has 1 atom stereocenters. The van der Waals surface area contributed by atoms with Crippen molar-refractivity contribution in [1.29, 1.82) is 0 Å². The van der Waals surface area contributed by atoms with Crippen molar-refractivity contribution in [1.82, 2.24) is 14.8 Å². The summed E-state index contributed by atoms with van der Waals surface area (Å²) in [5.74, 6) is 1.39. The van der Waals surface area contributed by atoms with Crippen LogP contribution < -0.4 is 15.4 Å². The van der Waals surface area contributed by atoms with Crippen molar-refractivity contribution in [2.75, 3.05) is 17.7 Å². The summed E-state index contributed by atoms with van der Waals surface area (Å²) in [5.41, 5.74) is 3.21. The average molecular weight is 454 g/mol. The number of hydrogen-bond acceptors (Lipinski definition) is 6.